The molecule has 0 aromatic heterocycles. The number of hydrogen-bond donors (Lipinski definition) is 6. The van der Waals surface area contributed by atoms with Gasteiger partial charge in [-0.25, -0.2) is 0 Å². The summed E-state index contributed by atoms with van der Waals surface area (Å²) < 4.78 is 6.29. The second kappa shape index (κ2) is 9.59. The van der Waals surface area contributed by atoms with Crippen LogP contribution < -0.4 is 0 Å². The van der Waals surface area contributed by atoms with Gasteiger partial charge >= 0.3 is 0 Å². The van der Waals surface area contributed by atoms with Crippen LogP contribution in [0.5, 0.6) is 34.5 Å². The van der Waals surface area contributed by atoms with Gasteiger partial charge in [0.05, 0.1) is 6.10 Å². The van der Waals surface area contributed by atoms with E-state index in [1.807, 2.05) is 6.92 Å². The molecule has 4 aromatic rings. The second-order valence-corrected chi connectivity index (χ2v) is 9.34. The molecule has 37 heavy (non-hydrogen) atoms. The third-order valence-corrected chi connectivity index (χ3v) is 7.05. The van der Waals surface area contributed by atoms with E-state index in [9.17, 15) is 30.6 Å². The van der Waals surface area contributed by atoms with Crippen molar-refractivity contribution in [1.82, 2.24) is 0 Å². The molecule has 0 heterocycles. The van der Waals surface area contributed by atoms with Gasteiger partial charge in [0.15, 0.2) is 0 Å². The molecule has 4 aromatic carbocycles. The maximum absolute atomic E-state index is 11.1. The van der Waals surface area contributed by atoms with Crippen molar-refractivity contribution in [2.45, 2.75) is 30.8 Å². The van der Waals surface area contributed by atoms with Gasteiger partial charge in [-0.15, -0.1) is 0 Å². The zero-order valence-corrected chi connectivity index (χ0v) is 20.1. The molecule has 0 radical (unpaired) electrons. The number of phenols is 6. The fraction of sp³-hybridized carbons (Fsp3) is 0.200. The molecule has 0 fully saturated rings. The largest absolute Gasteiger partial charge is 0.508 e. The van der Waals surface area contributed by atoms with Crippen LogP contribution >= 0.6 is 0 Å². The topological polar surface area (TPSA) is 131 Å². The molecule has 1 aliphatic rings. The Kier molecular flexibility index (Phi) is 6.31. The van der Waals surface area contributed by atoms with Gasteiger partial charge in [-0.1, -0.05) is 24.3 Å². The molecule has 5 rings (SSSR count). The van der Waals surface area contributed by atoms with E-state index in [0.717, 1.165) is 11.1 Å². The number of hydrogen-bond acceptors (Lipinski definition) is 7. The highest BCUT2D eigenvalue weighted by molar-refractivity contribution is 5.61. The molecule has 0 aliphatic heterocycles. The molecule has 4 unspecified atom stereocenters. The number of rotatable bonds is 6. The summed E-state index contributed by atoms with van der Waals surface area (Å²) in [6.45, 7) is 2.24. The molecular formula is C30H28O7. The number of benzene rings is 4. The van der Waals surface area contributed by atoms with Crippen molar-refractivity contribution in [1.29, 1.82) is 0 Å². The maximum atomic E-state index is 11.1. The average molecular weight is 501 g/mol. The SMILES string of the molecule is CCOC(c1ccc(O)cc1)C1c2cc(O)cc(O)c2C(c2ccc(O)cc2)C1c1cc(O)cc(O)c1. The summed E-state index contributed by atoms with van der Waals surface area (Å²) in [5.74, 6) is -1.63. The lowest BCUT2D eigenvalue weighted by molar-refractivity contribution is 0.0362. The van der Waals surface area contributed by atoms with Crippen LogP contribution in [0.3, 0.4) is 0 Å². The van der Waals surface area contributed by atoms with Crippen LogP contribution in [0.1, 0.15) is 58.6 Å². The first-order valence-corrected chi connectivity index (χ1v) is 12.0. The van der Waals surface area contributed by atoms with E-state index in [1.165, 1.54) is 12.1 Å². The standard InChI is InChI=1S/C30H28O7/c1-2-37-30(17-5-9-20(32)10-6-17)29-24-14-23(35)15-25(36)28(24)26(16-3-7-19(31)8-4-16)27(29)18-11-21(33)13-22(34)12-18/h3-15,26-27,29-36H,2H2,1H3. The van der Waals surface area contributed by atoms with Gasteiger partial charge in [-0.3, -0.25) is 0 Å². The molecule has 0 saturated heterocycles. The van der Waals surface area contributed by atoms with Crippen LogP contribution in [-0.2, 0) is 4.74 Å². The Hall–Kier alpha value is -4.36. The van der Waals surface area contributed by atoms with Gasteiger partial charge in [0.25, 0.3) is 0 Å². The lowest BCUT2D eigenvalue weighted by Gasteiger charge is -2.33. The molecule has 0 saturated carbocycles. The highest BCUT2D eigenvalue weighted by atomic mass is 16.5. The van der Waals surface area contributed by atoms with Crippen molar-refractivity contribution < 1.29 is 35.4 Å². The minimum atomic E-state index is -0.567. The van der Waals surface area contributed by atoms with Gasteiger partial charge in [0, 0.05) is 42.1 Å². The Morgan fingerprint density at radius 1 is 0.649 bits per heavy atom. The second-order valence-electron chi connectivity index (χ2n) is 9.34. The van der Waals surface area contributed by atoms with Crippen molar-refractivity contribution in [2.75, 3.05) is 6.61 Å². The third kappa shape index (κ3) is 4.49. The Balaban J connectivity index is 1.81. The average Bonchev–Trinajstić information content (AvgIpc) is 3.18. The zero-order valence-electron chi connectivity index (χ0n) is 20.1. The van der Waals surface area contributed by atoms with Crippen molar-refractivity contribution in [3.8, 4) is 34.5 Å². The Morgan fingerprint density at radius 3 is 1.81 bits per heavy atom. The summed E-state index contributed by atoms with van der Waals surface area (Å²) in [4.78, 5) is 0. The first kappa shape index (κ1) is 24.3. The van der Waals surface area contributed by atoms with Crippen LogP contribution in [0.4, 0.5) is 0 Å². The molecule has 0 spiro atoms. The first-order valence-electron chi connectivity index (χ1n) is 12.0. The predicted octanol–water partition coefficient (Wildman–Crippen LogP) is 5.71. The molecule has 7 nitrogen and oxygen atoms in total. The molecule has 1 aliphatic carbocycles. The zero-order chi connectivity index (χ0) is 26.3. The quantitative estimate of drug-likeness (QED) is 0.200. The molecule has 7 heteroatoms. The Bertz CT molecular complexity index is 1390. The van der Waals surface area contributed by atoms with Gasteiger partial charge < -0.3 is 35.4 Å². The minimum absolute atomic E-state index is 0.0918. The van der Waals surface area contributed by atoms with Crippen LogP contribution in [0.15, 0.2) is 78.9 Å². The van der Waals surface area contributed by atoms with E-state index >= 15 is 0 Å². The van der Waals surface area contributed by atoms with Gasteiger partial charge in [-0.2, -0.15) is 0 Å². The van der Waals surface area contributed by atoms with Crippen LogP contribution in [0, 0.1) is 0 Å². The number of fused-ring (bicyclic) bond motifs is 1. The fourth-order valence-electron chi connectivity index (χ4n) is 5.71. The number of ether oxygens (including phenoxy) is 1. The first-order chi connectivity index (χ1) is 17.8. The van der Waals surface area contributed by atoms with Crippen molar-refractivity contribution in [3.05, 3.63) is 107 Å². The monoisotopic (exact) mass is 500 g/mol. The lowest BCUT2D eigenvalue weighted by Crippen LogP contribution is -2.20. The molecule has 6 N–H and O–H groups in total. The normalized spacial score (nSPS) is 19.4. The number of aromatic hydroxyl groups is 6. The Morgan fingerprint density at radius 2 is 1.22 bits per heavy atom. The van der Waals surface area contributed by atoms with E-state index in [-0.39, 0.29) is 34.5 Å². The molecule has 190 valence electrons. The third-order valence-electron chi connectivity index (χ3n) is 7.05. The van der Waals surface area contributed by atoms with Crippen molar-refractivity contribution >= 4 is 0 Å². The van der Waals surface area contributed by atoms with E-state index < -0.39 is 23.9 Å². The van der Waals surface area contributed by atoms with E-state index in [1.54, 1.807) is 66.7 Å². The summed E-state index contributed by atoms with van der Waals surface area (Å²) in [6.07, 6.45) is -0.567. The molecular weight excluding hydrogens is 472 g/mol. The van der Waals surface area contributed by atoms with Crippen molar-refractivity contribution in [3.63, 3.8) is 0 Å². The minimum Gasteiger partial charge on any atom is -0.508 e. The summed E-state index contributed by atoms with van der Waals surface area (Å²) in [7, 11) is 0. The molecule has 0 bridgehead atoms. The highest BCUT2D eigenvalue weighted by Crippen LogP contribution is 2.62. The smallest absolute Gasteiger partial charge is 0.123 e. The van der Waals surface area contributed by atoms with Crippen LogP contribution in [-0.4, -0.2) is 37.2 Å². The van der Waals surface area contributed by atoms with Gasteiger partial charge in [-0.05, 0) is 71.6 Å². The van der Waals surface area contributed by atoms with Gasteiger partial charge in [0.2, 0.25) is 0 Å². The lowest BCUT2D eigenvalue weighted by atomic mass is 9.74. The van der Waals surface area contributed by atoms with E-state index in [0.29, 0.717) is 23.3 Å². The summed E-state index contributed by atoms with van der Waals surface area (Å²) in [5, 5.41) is 62.2. The van der Waals surface area contributed by atoms with E-state index in [2.05, 4.69) is 0 Å². The van der Waals surface area contributed by atoms with Gasteiger partial charge in [0.1, 0.15) is 34.5 Å². The Labute approximate surface area is 214 Å². The van der Waals surface area contributed by atoms with Crippen LogP contribution in [0.25, 0.3) is 0 Å². The maximum Gasteiger partial charge on any atom is 0.123 e. The fourth-order valence-corrected chi connectivity index (χ4v) is 5.71. The predicted molar refractivity (Wildman–Crippen MR) is 137 cm³/mol. The molecule has 0 amide bonds. The van der Waals surface area contributed by atoms with E-state index in [4.69, 9.17) is 4.74 Å². The van der Waals surface area contributed by atoms with Crippen molar-refractivity contribution in [2.24, 2.45) is 0 Å². The highest BCUT2D eigenvalue weighted by Gasteiger charge is 2.48. The number of phenolic OH excluding ortho intramolecular Hbond substituents is 6. The summed E-state index contributed by atoms with van der Waals surface area (Å²) in [6, 6.07) is 20.7. The molecule has 4 atom stereocenters. The summed E-state index contributed by atoms with van der Waals surface area (Å²) in [5.41, 5.74) is 3.43. The summed E-state index contributed by atoms with van der Waals surface area (Å²) >= 11 is 0. The van der Waals surface area contributed by atoms with Crippen LogP contribution in [0.2, 0.25) is 0 Å².